The lowest BCUT2D eigenvalue weighted by molar-refractivity contribution is -0.118. The van der Waals surface area contributed by atoms with E-state index in [9.17, 15) is 9.59 Å². The third-order valence-corrected chi connectivity index (χ3v) is 6.23. The largest absolute Gasteiger partial charge is 0.312 e. The summed E-state index contributed by atoms with van der Waals surface area (Å²) >= 11 is 5.93. The van der Waals surface area contributed by atoms with Gasteiger partial charge in [0.1, 0.15) is 0 Å². The van der Waals surface area contributed by atoms with E-state index in [1.165, 1.54) is 0 Å². The Balaban J connectivity index is 1.47. The smallest absolute Gasteiger partial charge is 0.258 e. The molecule has 5 nitrogen and oxygen atoms in total. The second-order valence-corrected chi connectivity index (χ2v) is 8.58. The van der Waals surface area contributed by atoms with E-state index in [-0.39, 0.29) is 11.8 Å². The molecule has 3 aromatic rings. The first-order valence-electron chi connectivity index (χ1n) is 10.9. The van der Waals surface area contributed by atoms with Gasteiger partial charge in [0.05, 0.1) is 11.6 Å². The first-order chi connectivity index (χ1) is 16.0. The molecule has 3 aromatic carbocycles. The Morgan fingerprint density at radius 1 is 1.06 bits per heavy atom. The molecular weight excluding hydrogens is 434 g/mol. The van der Waals surface area contributed by atoms with Crippen molar-refractivity contribution in [3.8, 4) is 6.07 Å². The number of aryl methyl sites for hydroxylation is 2. The van der Waals surface area contributed by atoms with Gasteiger partial charge >= 0.3 is 0 Å². The SMILES string of the molecule is CN(C(=O)c1ccc(Cl)cc1)c1ccc2c(c1)CCCN2C(=O)CCc1ccc(C#N)cc1. The Labute approximate surface area is 198 Å². The van der Waals surface area contributed by atoms with Gasteiger partial charge in [0.15, 0.2) is 0 Å². The Hall–Kier alpha value is -3.62. The number of hydrogen-bond donors (Lipinski definition) is 0. The summed E-state index contributed by atoms with van der Waals surface area (Å²) in [7, 11) is 1.75. The maximum absolute atomic E-state index is 13.0. The normalized spacial score (nSPS) is 12.6. The summed E-state index contributed by atoms with van der Waals surface area (Å²) in [5.74, 6) is -0.0311. The molecular formula is C27H24ClN3O2. The van der Waals surface area contributed by atoms with Crippen molar-refractivity contribution in [3.05, 3.63) is 94.0 Å². The maximum atomic E-state index is 13.0. The summed E-state index contributed by atoms with van der Waals surface area (Å²) in [5, 5.41) is 9.51. The van der Waals surface area contributed by atoms with E-state index < -0.39 is 0 Å². The number of hydrogen-bond acceptors (Lipinski definition) is 3. The van der Waals surface area contributed by atoms with Crippen LogP contribution in [-0.2, 0) is 17.6 Å². The predicted molar refractivity (Wildman–Crippen MR) is 131 cm³/mol. The quantitative estimate of drug-likeness (QED) is 0.515. The third-order valence-electron chi connectivity index (χ3n) is 5.98. The van der Waals surface area contributed by atoms with Crippen LogP contribution in [0, 0.1) is 11.3 Å². The third kappa shape index (κ3) is 5.08. The zero-order valence-corrected chi connectivity index (χ0v) is 19.2. The lowest BCUT2D eigenvalue weighted by Crippen LogP contribution is -2.36. The standard InChI is InChI=1S/C27H24ClN3O2/c1-30(27(33)21-9-11-23(28)12-10-21)24-13-14-25-22(17-24)3-2-16-31(25)26(32)15-8-19-4-6-20(18-29)7-5-19/h4-7,9-14,17H,2-3,8,15-16H2,1H3. The van der Waals surface area contributed by atoms with Gasteiger partial charge in [-0.05, 0) is 85.0 Å². The second kappa shape index (κ2) is 9.89. The van der Waals surface area contributed by atoms with Crippen LogP contribution in [0.3, 0.4) is 0 Å². The van der Waals surface area contributed by atoms with Crippen LogP contribution in [0.4, 0.5) is 11.4 Å². The summed E-state index contributed by atoms with van der Waals surface area (Å²) in [6, 6.07) is 22.1. The van der Waals surface area contributed by atoms with E-state index in [0.717, 1.165) is 35.3 Å². The molecule has 0 spiro atoms. The predicted octanol–water partition coefficient (Wildman–Crippen LogP) is 5.40. The molecule has 0 N–H and O–H groups in total. The van der Waals surface area contributed by atoms with E-state index in [1.807, 2.05) is 35.2 Å². The number of anilines is 2. The van der Waals surface area contributed by atoms with Gasteiger partial charge in [0, 0.05) is 42.0 Å². The van der Waals surface area contributed by atoms with E-state index in [1.54, 1.807) is 48.3 Å². The summed E-state index contributed by atoms with van der Waals surface area (Å²) in [6.45, 7) is 0.693. The van der Waals surface area contributed by atoms with Gasteiger partial charge in [-0.3, -0.25) is 9.59 Å². The molecule has 0 saturated carbocycles. The highest BCUT2D eigenvalue weighted by atomic mass is 35.5. The van der Waals surface area contributed by atoms with Crippen molar-refractivity contribution in [2.75, 3.05) is 23.4 Å². The van der Waals surface area contributed by atoms with E-state index in [4.69, 9.17) is 16.9 Å². The van der Waals surface area contributed by atoms with Crippen molar-refractivity contribution < 1.29 is 9.59 Å². The Bertz CT molecular complexity index is 1210. The molecule has 0 unspecified atom stereocenters. The minimum atomic E-state index is -0.113. The molecule has 0 fully saturated rings. The molecule has 1 aliphatic heterocycles. The fraction of sp³-hybridized carbons (Fsp3) is 0.222. The number of fused-ring (bicyclic) bond motifs is 1. The molecule has 0 aromatic heterocycles. The second-order valence-electron chi connectivity index (χ2n) is 8.14. The van der Waals surface area contributed by atoms with E-state index in [0.29, 0.717) is 35.5 Å². The molecule has 2 amide bonds. The molecule has 0 aliphatic carbocycles. The maximum Gasteiger partial charge on any atom is 0.258 e. The lowest BCUT2D eigenvalue weighted by atomic mass is 9.99. The number of nitriles is 1. The number of halogens is 1. The van der Waals surface area contributed by atoms with Crippen LogP contribution in [0.1, 0.15) is 39.9 Å². The molecule has 1 aliphatic rings. The van der Waals surface area contributed by atoms with E-state index in [2.05, 4.69) is 6.07 Å². The Morgan fingerprint density at radius 3 is 2.48 bits per heavy atom. The molecule has 0 atom stereocenters. The fourth-order valence-corrected chi connectivity index (χ4v) is 4.21. The molecule has 1 heterocycles. The summed E-state index contributed by atoms with van der Waals surface area (Å²) in [5.41, 5.74) is 5.01. The zero-order valence-electron chi connectivity index (χ0n) is 18.4. The van der Waals surface area contributed by atoms with Gasteiger partial charge in [-0.2, -0.15) is 5.26 Å². The fourth-order valence-electron chi connectivity index (χ4n) is 4.09. The van der Waals surface area contributed by atoms with Crippen molar-refractivity contribution in [2.45, 2.75) is 25.7 Å². The highest BCUT2D eigenvalue weighted by Gasteiger charge is 2.24. The number of rotatable bonds is 5. The molecule has 166 valence electrons. The molecule has 33 heavy (non-hydrogen) atoms. The van der Waals surface area contributed by atoms with Gasteiger partial charge < -0.3 is 9.80 Å². The molecule has 0 radical (unpaired) electrons. The molecule has 0 bridgehead atoms. The average Bonchev–Trinajstić information content (AvgIpc) is 2.86. The van der Waals surface area contributed by atoms with E-state index >= 15 is 0 Å². The highest BCUT2D eigenvalue weighted by molar-refractivity contribution is 6.30. The van der Waals surface area contributed by atoms with Crippen LogP contribution in [-0.4, -0.2) is 25.4 Å². The van der Waals surface area contributed by atoms with Gasteiger partial charge in [-0.15, -0.1) is 0 Å². The summed E-state index contributed by atoms with van der Waals surface area (Å²) < 4.78 is 0. The number of carbonyl (C=O) groups excluding carboxylic acids is 2. The average molecular weight is 458 g/mol. The number of nitrogens with zero attached hydrogens (tertiary/aromatic N) is 3. The van der Waals surface area contributed by atoms with Crippen molar-refractivity contribution in [1.82, 2.24) is 0 Å². The van der Waals surface area contributed by atoms with Crippen LogP contribution in [0.2, 0.25) is 5.02 Å². The topological polar surface area (TPSA) is 64.4 Å². The van der Waals surface area contributed by atoms with Gasteiger partial charge in [-0.25, -0.2) is 0 Å². The lowest BCUT2D eigenvalue weighted by Gasteiger charge is -2.31. The Morgan fingerprint density at radius 2 is 1.79 bits per heavy atom. The van der Waals surface area contributed by atoms with Crippen LogP contribution < -0.4 is 9.80 Å². The first kappa shape index (κ1) is 22.6. The van der Waals surface area contributed by atoms with Crippen LogP contribution >= 0.6 is 11.6 Å². The molecule has 0 saturated heterocycles. The van der Waals surface area contributed by atoms with Crippen molar-refractivity contribution in [3.63, 3.8) is 0 Å². The highest BCUT2D eigenvalue weighted by Crippen LogP contribution is 2.32. The molecule has 4 rings (SSSR count). The van der Waals surface area contributed by atoms with Crippen LogP contribution in [0.15, 0.2) is 66.7 Å². The summed E-state index contributed by atoms with van der Waals surface area (Å²) in [6.07, 6.45) is 2.79. The minimum absolute atomic E-state index is 0.0821. The number of carbonyl (C=O) groups is 2. The van der Waals surface area contributed by atoms with Gasteiger partial charge in [-0.1, -0.05) is 23.7 Å². The monoisotopic (exact) mass is 457 g/mol. The van der Waals surface area contributed by atoms with Gasteiger partial charge in [0.2, 0.25) is 5.91 Å². The zero-order chi connectivity index (χ0) is 23.4. The van der Waals surface area contributed by atoms with Crippen LogP contribution in [0.5, 0.6) is 0 Å². The minimum Gasteiger partial charge on any atom is -0.312 e. The molecule has 6 heteroatoms. The Kier molecular flexibility index (Phi) is 6.76. The first-order valence-corrected chi connectivity index (χ1v) is 11.3. The summed E-state index contributed by atoms with van der Waals surface area (Å²) in [4.78, 5) is 29.3. The van der Waals surface area contributed by atoms with Crippen molar-refractivity contribution in [2.24, 2.45) is 0 Å². The van der Waals surface area contributed by atoms with Crippen LogP contribution in [0.25, 0.3) is 0 Å². The number of benzene rings is 3. The van der Waals surface area contributed by atoms with Crippen molar-refractivity contribution in [1.29, 1.82) is 5.26 Å². The number of amides is 2. The van der Waals surface area contributed by atoms with Gasteiger partial charge in [0.25, 0.3) is 5.91 Å². The van der Waals surface area contributed by atoms with Crippen molar-refractivity contribution >= 4 is 34.8 Å².